The summed E-state index contributed by atoms with van der Waals surface area (Å²) in [6.45, 7) is 5.39. The number of piperidine rings is 1. The number of alkyl halides is 3. The van der Waals surface area contributed by atoms with Gasteiger partial charge in [-0.15, -0.1) is 0 Å². The number of amides is 1. The summed E-state index contributed by atoms with van der Waals surface area (Å²) >= 11 is 0. The number of hydrogen-bond donors (Lipinski definition) is 1. The number of carbonyl (C=O) groups excluding carboxylic acids is 1. The van der Waals surface area contributed by atoms with Crippen molar-refractivity contribution in [1.82, 2.24) is 9.80 Å². The van der Waals surface area contributed by atoms with E-state index in [0.717, 1.165) is 43.1 Å². The molecule has 0 spiro atoms. The van der Waals surface area contributed by atoms with Gasteiger partial charge in [0.1, 0.15) is 5.75 Å². The predicted molar refractivity (Wildman–Crippen MR) is 193 cm³/mol. The maximum absolute atomic E-state index is 15.1. The molecule has 1 amide bonds. The minimum absolute atomic E-state index is 0.134. The number of carbonyl (C=O) groups is 2. The highest BCUT2D eigenvalue weighted by Gasteiger charge is 2.57. The maximum Gasteiger partial charge on any atom is 0.416 e. The number of carboxylic acids is 1. The third-order valence-corrected chi connectivity index (χ3v) is 12.3. The Bertz CT molecular complexity index is 1560. The van der Waals surface area contributed by atoms with Crippen LogP contribution in [0.4, 0.5) is 18.9 Å². The molecule has 2 aromatic carbocycles. The Kier molecular flexibility index (Phi) is 12.3. The van der Waals surface area contributed by atoms with E-state index < -0.39 is 29.2 Å². The monoisotopic (exact) mass is 745 g/mol. The first kappa shape index (κ1) is 39.3. The number of nitrogens with zero attached hydrogens (tertiary/aromatic N) is 3. The minimum Gasteiger partial charge on any atom is -0.497 e. The molecule has 0 aromatic heterocycles. The highest BCUT2D eigenvalue weighted by Crippen LogP contribution is 2.47. The number of halogens is 3. The maximum atomic E-state index is 15.1. The summed E-state index contributed by atoms with van der Waals surface area (Å²) < 4.78 is 65.6. The van der Waals surface area contributed by atoms with Gasteiger partial charge in [-0.1, -0.05) is 18.2 Å². The average Bonchev–Trinajstić information content (AvgIpc) is 3.77. The third-order valence-electron chi connectivity index (χ3n) is 12.3. The molecule has 2 aromatic rings. The molecular formula is C40H54F3N3O7. The Morgan fingerprint density at radius 2 is 1.62 bits per heavy atom. The zero-order chi connectivity index (χ0) is 37.9. The van der Waals surface area contributed by atoms with Crippen molar-refractivity contribution < 1.29 is 46.8 Å². The molecule has 0 unspecified atom stereocenters. The van der Waals surface area contributed by atoms with Crippen molar-refractivity contribution in [3.05, 3.63) is 59.2 Å². The van der Waals surface area contributed by atoms with Gasteiger partial charge in [0.25, 0.3) is 5.91 Å². The van der Waals surface area contributed by atoms with Crippen LogP contribution >= 0.6 is 0 Å². The van der Waals surface area contributed by atoms with E-state index in [1.807, 2.05) is 41.0 Å². The minimum atomic E-state index is -4.55. The van der Waals surface area contributed by atoms with E-state index in [4.69, 9.17) is 18.9 Å². The fraction of sp³-hybridized carbons (Fsp3) is 0.650. The van der Waals surface area contributed by atoms with Crippen molar-refractivity contribution >= 4 is 17.6 Å². The van der Waals surface area contributed by atoms with Crippen molar-refractivity contribution in [3.8, 4) is 5.75 Å². The summed E-state index contributed by atoms with van der Waals surface area (Å²) in [5.41, 5.74) is 0.176. The zero-order valence-electron chi connectivity index (χ0n) is 31.3. The Hall–Kier alpha value is -3.39. The van der Waals surface area contributed by atoms with Crippen LogP contribution in [0, 0.1) is 11.8 Å². The molecule has 3 saturated heterocycles. The standard InChI is InChI=1S/C40H54F3N3O7/c1-5-53-32-13-9-30(10-14-32)46-23-35(26-6-11-31(51-3)12-7-26)39(25-46,52-4)38(49)45-21-28(24-50-2)34(22-45)33-15-8-29(40(41,42)43)20-36(33)44-18-16-27(17-19-44)37(47)48/h6-8,11-12,15,20,27-28,30,32,34-35H,5,9-10,13-14,16-19,21-25H2,1-4H3,(H,47,48)/t28-,30?,32?,34+,35+,39+/m1/s1. The van der Waals surface area contributed by atoms with Crippen LogP contribution in [0.15, 0.2) is 42.5 Å². The third kappa shape index (κ3) is 8.18. The van der Waals surface area contributed by atoms with Gasteiger partial charge >= 0.3 is 12.1 Å². The highest BCUT2D eigenvalue weighted by molar-refractivity contribution is 5.88. The number of aliphatic carboxylic acids is 1. The molecule has 10 nitrogen and oxygen atoms in total. The molecule has 1 N–H and O–H groups in total. The van der Waals surface area contributed by atoms with Crippen LogP contribution in [0.2, 0.25) is 0 Å². The first-order chi connectivity index (χ1) is 25.4. The molecule has 13 heteroatoms. The fourth-order valence-corrected chi connectivity index (χ4v) is 9.39. The Balaban J connectivity index is 1.32. The van der Waals surface area contributed by atoms with Crippen molar-refractivity contribution in [2.24, 2.45) is 11.8 Å². The summed E-state index contributed by atoms with van der Waals surface area (Å²) in [6, 6.07) is 11.9. The number of hydrogen-bond acceptors (Lipinski definition) is 8. The van der Waals surface area contributed by atoms with Crippen LogP contribution < -0.4 is 9.64 Å². The van der Waals surface area contributed by atoms with E-state index in [9.17, 15) is 23.1 Å². The number of likely N-dealkylation sites (tertiary alicyclic amines) is 2. The molecule has 0 bridgehead atoms. The van der Waals surface area contributed by atoms with Gasteiger partial charge in [-0.05, 0) is 80.8 Å². The number of methoxy groups -OCH3 is 3. The molecule has 6 rings (SSSR count). The van der Waals surface area contributed by atoms with E-state index in [2.05, 4.69) is 4.90 Å². The van der Waals surface area contributed by atoms with Gasteiger partial charge < -0.3 is 33.9 Å². The van der Waals surface area contributed by atoms with Crippen LogP contribution in [0.3, 0.4) is 0 Å². The van der Waals surface area contributed by atoms with Gasteiger partial charge in [-0.25, -0.2) is 0 Å². The van der Waals surface area contributed by atoms with Gasteiger partial charge in [0.2, 0.25) is 0 Å². The van der Waals surface area contributed by atoms with Crippen molar-refractivity contribution in [2.75, 3.05) is 78.7 Å². The first-order valence-electron chi connectivity index (χ1n) is 18.9. The highest BCUT2D eigenvalue weighted by atomic mass is 19.4. The van der Waals surface area contributed by atoms with Crippen molar-refractivity contribution in [2.45, 2.75) is 81.2 Å². The van der Waals surface area contributed by atoms with Crippen LogP contribution in [0.5, 0.6) is 5.75 Å². The molecule has 0 radical (unpaired) electrons. The molecule has 292 valence electrons. The lowest BCUT2D eigenvalue weighted by atomic mass is 9.83. The largest absolute Gasteiger partial charge is 0.497 e. The van der Waals surface area contributed by atoms with Crippen LogP contribution in [0.1, 0.15) is 74.0 Å². The predicted octanol–water partition coefficient (Wildman–Crippen LogP) is 6.04. The van der Waals surface area contributed by atoms with Crippen molar-refractivity contribution in [1.29, 1.82) is 0 Å². The molecule has 1 aliphatic carbocycles. The number of ether oxygens (including phenoxy) is 4. The molecule has 1 saturated carbocycles. The molecule has 4 aliphatic rings. The van der Waals surface area contributed by atoms with E-state index in [0.29, 0.717) is 70.0 Å². The van der Waals surface area contributed by atoms with Crippen LogP contribution in [0.25, 0.3) is 0 Å². The molecule has 3 heterocycles. The van der Waals surface area contributed by atoms with E-state index in [-0.39, 0.29) is 42.4 Å². The number of carboxylic acid groups (broad SMARTS) is 1. The topological polar surface area (TPSA) is 101 Å². The number of benzene rings is 2. The molecule has 3 aliphatic heterocycles. The quantitative estimate of drug-likeness (QED) is 0.279. The first-order valence-corrected chi connectivity index (χ1v) is 18.9. The van der Waals surface area contributed by atoms with Gasteiger partial charge in [0.05, 0.1) is 31.3 Å². The van der Waals surface area contributed by atoms with Crippen LogP contribution in [-0.2, 0) is 30.0 Å². The van der Waals surface area contributed by atoms with E-state index >= 15 is 4.79 Å². The second-order valence-corrected chi connectivity index (χ2v) is 15.1. The molecule has 4 atom stereocenters. The van der Waals surface area contributed by atoms with Gasteiger partial charge in [-0.2, -0.15) is 13.2 Å². The average molecular weight is 746 g/mol. The van der Waals surface area contributed by atoms with Crippen molar-refractivity contribution in [3.63, 3.8) is 0 Å². The Morgan fingerprint density at radius 3 is 2.21 bits per heavy atom. The Morgan fingerprint density at radius 1 is 0.925 bits per heavy atom. The van der Waals surface area contributed by atoms with Gasteiger partial charge in [0, 0.05) is 89.6 Å². The fourth-order valence-electron chi connectivity index (χ4n) is 9.39. The van der Waals surface area contributed by atoms with Crippen LogP contribution in [-0.4, -0.2) is 118 Å². The number of rotatable bonds is 12. The second kappa shape index (κ2) is 16.5. The summed E-state index contributed by atoms with van der Waals surface area (Å²) in [5.74, 6) is -1.60. The number of anilines is 1. The second-order valence-electron chi connectivity index (χ2n) is 15.1. The molecule has 4 fully saturated rings. The Labute approximate surface area is 310 Å². The van der Waals surface area contributed by atoms with Gasteiger partial charge in [0.15, 0.2) is 5.60 Å². The lowest BCUT2D eigenvalue weighted by molar-refractivity contribution is -0.154. The summed E-state index contributed by atoms with van der Waals surface area (Å²) in [4.78, 5) is 33.0. The zero-order valence-corrected chi connectivity index (χ0v) is 31.3. The summed E-state index contributed by atoms with van der Waals surface area (Å²) in [7, 11) is 4.82. The lowest BCUT2D eigenvalue weighted by Gasteiger charge is -2.37. The summed E-state index contributed by atoms with van der Waals surface area (Å²) in [6.07, 6.45) is 0.255. The summed E-state index contributed by atoms with van der Waals surface area (Å²) in [5, 5.41) is 9.57. The smallest absolute Gasteiger partial charge is 0.416 e. The molecule has 53 heavy (non-hydrogen) atoms. The normalized spacial score (nSPS) is 28.8. The SMILES string of the molecule is CCOC1CCC(N2C[C@@H](c3ccc(OC)cc3)[C@](OC)(C(=O)N3C[C@H](COC)[C@@H](c4ccc(C(F)(F)F)cc4N4CCC(C(=O)O)CC4)C3)C2)CC1. The molecular weight excluding hydrogens is 691 g/mol. The lowest BCUT2D eigenvalue weighted by Crippen LogP contribution is -2.55. The van der Waals surface area contributed by atoms with Gasteiger partial charge in [-0.3, -0.25) is 14.5 Å². The van der Waals surface area contributed by atoms with E-state index in [1.165, 1.54) is 6.07 Å². The van der Waals surface area contributed by atoms with E-state index in [1.54, 1.807) is 27.4 Å².